The number of esters is 1. The van der Waals surface area contributed by atoms with Gasteiger partial charge in [0.05, 0.1) is 16.5 Å². The quantitative estimate of drug-likeness (QED) is 0.238. The molecule has 11 heteroatoms. The summed E-state index contributed by atoms with van der Waals surface area (Å²) in [5, 5.41) is 16.4. The Morgan fingerprint density at radius 1 is 0.973 bits per heavy atom. The average Bonchev–Trinajstić information content (AvgIpc) is 2.84. The predicted molar refractivity (Wildman–Crippen MR) is 133 cm³/mol. The average molecular weight is 514 g/mol. The van der Waals surface area contributed by atoms with E-state index in [1.54, 1.807) is 20.8 Å². The Kier molecular flexibility index (Phi) is 9.05. The van der Waals surface area contributed by atoms with Gasteiger partial charge in [0.1, 0.15) is 18.3 Å². The van der Waals surface area contributed by atoms with Crippen molar-refractivity contribution in [1.29, 1.82) is 0 Å². The van der Waals surface area contributed by atoms with Crippen LogP contribution in [-0.4, -0.2) is 46.9 Å². The molecule has 2 aromatic rings. The maximum Gasteiger partial charge on any atom is 0.407 e. The molecule has 0 saturated heterocycles. The molecule has 3 atom stereocenters. The maximum absolute atomic E-state index is 12.8. The minimum Gasteiger partial charge on any atom is -0.457 e. The number of ether oxygens (including phenoxy) is 3. The SMILES string of the molecule is CC(C)(C)OC(=O)NC1CCC(NC(=O)OCc2ccccc2)C(OC(=O)c2ccc([N+](=O)[O-])cc2)C1. The van der Waals surface area contributed by atoms with Crippen molar-refractivity contribution in [2.24, 2.45) is 0 Å². The van der Waals surface area contributed by atoms with Gasteiger partial charge in [0.15, 0.2) is 0 Å². The third-order valence-electron chi connectivity index (χ3n) is 5.60. The molecule has 0 radical (unpaired) electrons. The van der Waals surface area contributed by atoms with Crippen molar-refractivity contribution in [3.05, 3.63) is 75.8 Å². The summed E-state index contributed by atoms with van der Waals surface area (Å²) in [5.74, 6) is -0.706. The summed E-state index contributed by atoms with van der Waals surface area (Å²) in [7, 11) is 0. The maximum atomic E-state index is 12.8. The van der Waals surface area contributed by atoms with Crippen LogP contribution >= 0.6 is 0 Å². The number of amides is 2. The molecule has 1 aliphatic rings. The van der Waals surface area contributed by atoms with Crippen molar-refractivity contribution in [2.75, 3.05) is 0 Å². The lowest BCUT2D eigenvalue weighted by Gasteiger charge is -2.36. The van der Waals surface area contributed by atoms with Gasteiger partial charge in [-0.25, -0.2) is 14.4 Å². The van der Waals surface area contributed by atoms with E-state index >= 15 is 0 Å². The Morgan fingerprint density at radius 3 is 2.27 bits per heavy atom. The molecule has 37 heavy (non-hydrogen) atoms. The first-order valence-electron chi connectivity index (χ1n) is 11.9. The van der Waals surface area contributed by atoms with E-state index in [0.29, 0.717) is 12.8 Å². The molecule has 2 aromatic carbocycles. The summed E-state index contributed by atoms with van der Waals surface area (Å²) in [6.45, 7) is 5.34. The first kappa shape index (κ1) is 27.4. The molecule has 3 unspecified atom stereocenters. The second kappa shape index (κ2) is 12.2. The van der Waals surface area contributed by atoms with Crippen LogP contribution in [0, 0.1) is 10.1 Å². The van der Waals surface area contributed by atoms with E-state index in [1.165, 1.54) is 24.3 Å². The number of rotatable bonds is 7. The Bertz CT molecular complexity index is 1100. The van der Waals surface area contributed by atoms with Crippen LogP contribution in [0.2, 0.25) is 0 Å². The molecular weight excluding hydrogens is 482 g/mol. The number of hydrogen-bond acceptors (Lipinski definition) is 8. The van der Waals surface area contributed by atoms with E-state index in [0.717, 1.165) is 5.56 Å². The highest BCUT2D eigenvalue weighted by atomic mass is 16.6. The summed E-state index contributed by atoms with van der Waals surface area (Å²) >= 11 is 0. The normalized spacial score (nSPS) is 19.3. The van der Waals surface area contributed by atoms with Crippen LogP contribution in [0.15, 0.2) is 54.6 Å². The van der Waals surface area contributed by atoms with Crippen LogP contribution in [0.5, 0.6) is 0 Å². The Morgan fingerprint density at radius 2 is 1.65 bits per heavy atom. The molecule has 0 aromatic heterocycles. The second-order valence-corrected chi connectivity index (χ2v) is 9.72. The lowest BCUT2D eigenvalue weighted by Crippen LogP contribution is -2.53. The van der Waals surface area contributed by atoms with Gasteiger partial charge in [-0.2, -0.15) is 0 Å². The summed E-state index contributed by atoms with van der Waals surface area (Å²) in [6, 6.07) is 13.3. The molecule has 2 amide bonds. The zero-order valence-corrected chi connectivity index (χ0v) is 21.0. The van der Waals surface area contributed by atoms with E-state index in [-0.39, 0.29) is 30.3 Å². The van der Waals surface area contributed by atoms with E-state index in [4.69, 9.17) is 14.2 Å². The Labute approximate surface area is 214 Å². The highest BCUT2D eigenvalue weighted by Crippen LogP contribution is 2.24. The predicted octanol–water partition coefficient (Wildman–Crippen LogP) is 4.49. The molecule has 1 fully saturated rings. The monoisotopic (exact) mass is 513 g/mol. The fourth-order valence-electron chi connectivity index (χ4n) is 3.87. The molecule has 0 aliphatic heterocycles. The van der Waals surface area contributed by atoms with Gasteiger partial charge >= 0.3 is 18.2 Å². The van der Waals surface area contributed by atoms with Crippen molar-refractivity contribution in [3.63, 3.8) is 0 Å². The molecule has 2 N–H and O–H groups in total. The zero-order valence-electron chi connectivity index (χ0n) is 21.0. The third-order valence-corrected chi connectivity index (χ3v) is 5.60. The number of carbonyl (C=O) groups is 3. The Hall–Kier alpha value is -4.15. The number of hydrogen-bond donors (Lipinski definition) is 2. The van der Waals surface area contributed by atoms with Crippen molar-refractivity contribution < 1.29 is 33.5 Å². The lowest BCUT2D eigenvalue weighted by molar-refractivity contribution is -0.384. The van der Waals surface area contributed by atoms with Crippen molar-refractivity contribution in [1.82, 2.24) is 10.6 Å². The molecule has 0 heterocycles. The van der Waals surface area contributed by atoms with Crippen LogP contribution in [-0.2, 0) is 20.8 Å². The standard InChI is InChI=1S/C26H31N3O8/c1-26(2,3)37-25(32)27-19-11-14-21(28-24(31)35-16-17-7-5-4-6-8-17)22(15-19)36-23(30)18-9-12-20(13-10-18)29(33)34/h4-10,12-13,19,21-22H,11,14-16H2,1-3H3,(H,27,32)(H,28,31). The van der Waals surface area contributed by atoms with E-state index in [1.807, 2.05) is 30.3 Å². The van der Waals surface area contributed by atoms with Gasteiger partial charge in [0.2, 0.25) is 0 Å². The summed E-state index contributed by atoms with van der Waals surface area (Å²) in [6.07, 6.45) is -0.911. The zero-order chi connectivity index (χ0) is 27.0. The minimum absolute atomic E-state index is 0.0788. The Balaban J connectivity index is 1.66. The number of alkyl carbamates (subject to hydrolysis) is 2. The smallest absolute Gasteiger partial charge is 0.407 e. The van der Waals surface area contributed by atoms with Crippen molar-refractivity contribution in [2.45, 2.75) is 70.4 Å². The summed E-state index contributed by atoms with van der Waals surface area (Å²) in [5.41, 5.74) is 0.117. The molecule has 198 valence electrons. The molecule has 11 nitrogen and oxygen atoms in total. The van der Waals surface area contributed by atoms with Crippen LogP contribution in [0.25, 0.3) is 0 Å². The number of nitro benzene ring substituents is 1. The third kappa shape index (κ3) is 8.78. The van der Waals surface area contributed by atoms with Crippen LogP contribution in [0.1, 0.15) is 56.0 Å². The van der Waals surface area contributed by atoms with Gasteiger partial charge in [0.25, 0.3) is 5.69 Å². The van der Waals surface area contributed by atoms with E-state index in [9.17, 15) is 24.5 Å². The largest absolute Gasteiger partial charge is 0.457 e. The van der Waals surface area contributed by atoms with Crippen LogP contribution in [0.4, 0.5) is 15.3 Å². The van der Waals surface area contributed by atoms with Gasteiger partial charge in [-0.15, -0.1) is 0 Å². The molecule has 1 aliphatic carbocycles. The van der Waals surface area contributed by atoms with Gasteiger partial charge in [-0.3, -0.25) is 10.1 Å². The lowest BCUT2D eigenvalue weighted by atomic mass is 9.88. The van der Waals surface area contributed by atoms with E-state index in [2.05, 4.69) is 10.6 Å². The summed E-state index contributed by atoms with van der Waals surface area (Å²) < 4.78 is 16.3. The first-order chi connectivity index (χ1) is 17.5. The van der Waals surface area contributed by atoms with Gasteiger partial charge in [-0.05, 0) is 51.3 Å². The van der Waals surface area contributed by atoms with Gasteiger partial charge < -0.3 is 24.8 Å². The van der Waals surface area contributed by atoms with Crippen LogP contribution < -0.4 is 10.6 Å². The number of nitrogens with one attached hydrogen (secondary N) is 2. The number of non-ortho nitro benzene ring substituents is 1. The molecule has 3 rings (SSSR count). The first-order valence-corrected chi connectivity index (χ1v) is 11.9. The molecule has 0 bridgehead atoms. The summed E-state index contributed by atoms with van der Waals surface area (Å²) in [4.78, 5) is 47.9. The fourth-order valence-corrected chi connectivity index (χ4v) is 3.87. The van der Waals surface area contributed by atoms with Gasteiger partial charge in [0, 0.05) is 24.6 Å². The number of nitro groups is 1. The van der Waals surface area contributed by atoms with Crippen molar-refractivity contribution >= 4 is 23.8 Å². The molecular formula is C26H31N3O8. The highest BCUT2D eigenvalue weighted by Gasteiger charge is 2.36. The number of nitrogens with zero attached hydrogens (tertiary/aromatic N) is 1. The minimum atomic E-state index is -0.791. The van der Waals surface area contributed by atoms with Crippen molar-refractivity contribution in [3.8, 4) is 0 Å². The molecule has 0 spiro atoms. The van der Waals surface area contributed by atoms with Gasteiger partial charge in [-0.1, -0.05) is 30.3 Å². The number of carbonyl (C=O) groups excluding carboxylic acids is 3. The number of benzene rings is 2. The van der Waals surface area contributed by atoms with Crippen LogP contribution in [0.3, 0.4) is 0 Å². The fraction of sp³-hybridized carbons (Fsp3) is 0.423. The molecule has 1 saturated carbocycles. The topological polar surface area (TPSA) is 146 Å². The second-order valence-electron chi connectivity index (χ2n) is 9.72. The highest BCUT2D eigenvalue weighted by molar-refractivity contribution is 5.89. The van der Waals surface area contributed by atoms with E-state index < -0.39 is 40.8 Å².